The Kier molecular flexibility index (Phi) is 5.61. The van der Waals surface area contributed by atoms with E-state index in [2.05, 4.69) is 20.5 Å². The number of rotatable bonds is 6. The van der Waals surface area contributed by atoms with E-state index in [-0.39, 0.29) is 12.0 Å². The van der Waals surface area contributed by atoms with Crippen LogP contribution in [-0.4, -0.2) is 51.9 Å². The number of anilines is 1. The van der Waals surface area contributed by atoms with Crippen LogP contribution in [0.15, 0.2) is 42.7 Å². The molecule has 3 aromatic rings. The van der Waals surface area contributed by atoms with E-state index in [1.807, 2.05) is 18.2 Å². The molecule has 0 saturated heterocycles. The molecule has 8 nitrogen and oxygen atoms in total. The fourth-order valence-corrected chi connectivity index (χ4v) is 5.77. The van der Waals surface area contributed by atoms with Crippen molar-refractivity contribution in [3.05, 3.63) is 48.3 Å². The lowest BCUT2D eigenvalue weighted by atomic mass is 9.69. The second kappa shape index (κ2) is 8.74. The molecule has 2 saturated carbocycles. The quantitative estimate of drug-likeness (QED) is 0.519. The van der Waals surface area contributed by atoms with E-state index < -0.39 is 36.0 Å². The van der Waals surface area contributed by atoms with Crippen LogP contribution in [0.2, 0.25) is 0 Å². The molecule has 6 rings (SSSR count). The Hall–Kier alpha value is -3.63. The molecular weight excluding hydrogens is 487 g/mol. The van der Waals surface area contributed by atoms with Gasteiger partial charge in [-0.3, -0.25) is 14.7 Å². The molecule has 3 aliphatic rings. The van der Waals surface area contributed by atoms with Crippen molar-refractivity contribution in [1.82, 2.24) is 20.5 Å². The fraction of sp³-hybridized carbons (Fsp3) is 0.462. The number of carbonyl (C=O) groups excluding carboxylic acids is 2. The average molecular weight is 514 g/mol. The summed E-state index contributed by atoms with van der Waals surface area (Å²) >= 11 is 0. The van der Waals surface area contributed by atoms with Crippen LogP contribution in [0.4, 0.5) is 18.9 Å². The zero-order valence-corrected chi connectivity index (χ0v) is 19.9. The molecule has 194 valence electrons. The van der Waals surface area contributed by atoms with Crippen LogP contribution in [0.3, 0.4) is 0 Å². The number of aromatic amines is 1. The normalized spacial score (nSPS) is 24.4. The minimum Gasteiger partial charge on any atom is -0.489 e. The molecule has 11 heteroatoms. The predicted octanol–water partition coefficient (Wildman–Crippen LogP) is 4.02. The second-order valence-electron chi connectivity index (χ2n) is 10.2. The van der Waals surface area contributed by atoms with Crippen molar-refractivity contribution in [1.29, 1.82) is 0 Å². The van der Waals surface area contributed by atoms with Gasteiger partial charge in [0.15, 0.2) is 5.65 Å². The van der Waals surface area contributed by atoms with E-state index in [9.17, 15) is 22.8 Å². The fourth-order valence-electron chi connectivity index (χ4n) is 5.77. The number of nitrogens with one attached hydrogen (secondary N) is 2. The van der Waals surface area contributed by atoms with Crippen molar-refractivity contribution in [2.45, 2.75) is 62.3 Å². The van der Waals surface area contributed by atoms with Gasteiger partial charge in [0.05, 0.1) is 23.9 Å². The minimum atomic E-state index is -4.51. The molecule has 2 amide bonds. The number of fused-ring (bicyclic) bond motifs is 3. The summed E-state index contributed by atoms with van der Waals surface area (Å²) in [5.74, 6) is -0.995. The Balaban J connectivity index is 1.16. The van der Waals surface area contributed by atoms with E-state index in [1.54, 1.807) is 24.5 Å². The van der Waals surface area contributed by atoms with Crippen LogP contribution in [0.1, 0.15) is 44.1 Å². The first-order chi connectivity index (χ1) is 17.7. The number of para-hydroxylation sites is 1. The number of amides is 2. The summed E-state index contributed by atoms with van der Waals surface area (Å²) in [6, 6.07) is 7.25. The van der Waals surface area contributed by atoms with Gasteiger partial charge in [0, 0.05) is 11.1 Å². The summed E-state index contributed by atoms with van der Waals surface area (Å²) in [7, 11) is 0. The van der Waals surface area contributed by atoms with Gasteiger partial charge in [0.25, 0.3) is 0 Å². The van der Waals surface area contributed by atoms with Crippen LogP contribution in [-0.2, 0) is 15.0 Å². The maximum absolute atomic E-state index is 13.7. The number of ether oxygens (including phenoxy) is 1. The van der Waals surface area contributed by atoms with Gasteiger partial charge in [-0.15, -0.1) is 0 Å². The van der Waals surface area contributed by atoms with Crippen molar-refractivity contribution in [3.8, 4) is 5.75 Å². The molecule has 2 N–H and O–H groups in total. The number of nitrogens with zero attached hydrogens (tertiary/aromatic N) is 3. The third-order valence-electron chi connectivity index (χ3n) is 7.78. The van der Waals surface area contributed by atoms with Crippen LogP contribution in [0.5, 0.6) is 5.75 Å². The summed E-state index contributed by atoms with van der Waals surface area (Å²) in [6.45, 7) is -0.437. The molecule has 1 spiro atoms. The molecule has 1 aliphatic heterocycles. The van der Waals surface area contributed by atoms with E-state index in [0.29, 0.717) is 55.6 Å². The number of hydrogen-bond acceptors (Lipinski definition) is 5. The van der Waals surface area contributed by atoms with Crippen molar-refractivity contribution < 1.29 is 27.5 Å². The lowest BCUT2D eigenvalue weighted by Crippen LogP contribution is -2.52. The summed E-state index contributed by atoms with van der Waals surface area (Å²) in [6.07, 6.45) is 1.82. The molecule has 3 heterocycles. The Morgan fingerprint density at radius 1 is 1.19 bits per heavy atom. The number of halogens is 3. The van der Waals surface area contributed by atoms with E-state index in [1.165, 1.54) is 4.90 Å². The SMILES string of the molecule is O=C(CN1C(=O)C2(CCC(Oc3cnc4[nH]ncc4c3)CC2)c2ccccc21)NC(C1CC1)C(F)(F)F. The molecule has 37 heavy (non-hydrogen) atoms. The van der Waals surface area contributed by atoms with Gasteiger partial charge in [0.2, 0.25) is 11.8 Å². The van der Waals surface area contributed by atoms with Crippen LogP contribution >= 0.6 is 0 Å². The number of benzene rings is 1. The molecule has 0 radical (unpaired) electrons. The van der Waals surface area contributed by atoms with E-state index in [4.69, 9.17) is 4.74 Å². The molecule has 0 bridgehead atoms. The van der Waals surface area contributed by atoms with Crippen LogP contribution < -0.4 is 15.0 Å². The highest BCUT2D eigenvalue weighted by molar-refractivity contribution is 6.10. The zero-order valence-electron chi connectivity index (χ0n) is 19.9. The van der Waals surface area contributed by atoms with Crippen molar-refractivity contribution >= 4 is 28.5 Å². The van der Waals surface area contributed by atoms with Crippen molar-refractivity contribution in [3.63, 3.8) is 0 Å². The smallest absolute Gasteiger partial charge is 0.408 e. The van der Waals surface area contributed by atoms with Gasteiger partial charge in [-0.1, -0.05) is 18.2 Å². The maximum atomic E-state index is 13.7. The number of H-pyrrole nitrogens is 1. The van der Waals surface area contributed by atoms with Gasteiger partial charge in [-0.25, -0.2) is 4.98 Å². The summed E-state index contributed by atoms with van der Waals surface area (Å²) < 4.78 is 46.4. The Morgan fingerprint density at radius 2 is 1.95 bits per heavy atom. The van der Waals surface area contributed by atoms with Gasteiger partial charge >= 0.3 is 6.18 Å². The third kappa shape index (κ3) is 4.30. The average Bonchev–Trinajstić information content (AvgIpc) is 3.56. The molecule has 2 fully saturated rings. The Labute approximate surface area is 210 Å². The third-order valence-corrected chi connectivity index (χ3v) is 7.78. The number of hydrogen-bond donors (Lipinski definition) is 2. The minimum absolute atomic E-state index is 0.111. The largest absolute Gasteiger partial charge is 0.489 e. The highest BCUT2D eigenvalue weighted by atomic mass is 19.4. The zero-order chi connectivity index (χ0) is 25.8. The lowest BCUT2D eigenvalue weighted by Gasteiger charge is -2.36. The van der Waals surface area contributed by atoms with E-state index >= 15 is 0 Å². The maximum Gasteiger partial charge on any atom is 0.408 e. The lowest BCUT2D eigenvalue weighted by molar-refractivity contribution is -0.165. The molecule has 2 aromatic heterocycles. The standard InChI is InChI=1S/C26H26F3N5O3/c27-26(28,29)22(15-5-6-15)32-21(35)14-34-20-4-2-1-3-19(20)25(24(34)36)9-7-17(8-10-25)37-18-11-16-12-31-33-23(16)30-13-18/h1-4,11-13,15,17,22H,5-10,14H2,(H,32,35)(H,30,31,33). The second-order valence-corrected chi connectivity index (χ2v) is 10.2. The predicted molar refractivity (Wildman–Crippen MR) is 128 cm³/mol. The van der Waals surface area contributed by atoms with Gasteiger partial charge < -0.3 is 15.0 Å². The van der Waals surface area contributed by atoms with E-state index in [0.717, 1.165) is 10.9 Å². The topological polar surface area (TPSA) is 100 Å². The van der Waals surface area contributed by atoms with Gasteiger partial charge in [-0.05, 0) is 62.1 Å². The summed E-state index contributed by atoms with van der Waals surface area (Å²) in [4.78, 5) is 32.1. The Morgan fingerprint density at radius 3 is 2.68 bits per heavy atom. The van der Waals surface area contributed by atoms with Crippen LogP contribution in [0, 0.1) is 5.92 Å². The summed E-state index contributed by atoms with van der Waals surface area (Å²) in [5, 5.41) is 9.75. The molecule has 1 aromatic carbocycles. The van der Waals surface area contributed by atoms with Crippen molar-refractivity contribution in [2.24, 2.45) is 5.92 Å². The Bertz CT molecular complexity index is 1340. The van der Waals surface area contributed by atoms with Gasteiger partial charge in [-0.2, -0.15) is 18.3 Å². The van der Waals surface area contributed by atoms with Crippen LogP contribution in [0.25, 0.3) is 11.0 Å². The molecule has 1 atom stereocenters. The van der Waals surface area contributed by atoms with Gasteiger partial charge in [0.1, 0.15) is 18.3 Å². The monoisotopic (exact) mass is 513 g/mol. The number of aromatic nitrogens is 3. The molecule has 1 unspecified atom stereocenters. The number of pyridine rings is 1. The number of alkyl halides is 3. The highest BCUT2D eigenvalue weighted by Gasteiger charge is 2.54. The molecular formula is C26H26F3N5O3. The summed E-state index contributed by atoms with van der Waals surface area (Å²) in [5.41, 5.74) is 1.27. The first kappa shape index (κ1) is 23.7. The first-order valence-corrected chi connectivity index (χ1v) is 12.5. The molecule has 2 aliphatic carbocycles. The number of carbonyl (C=O) groups is 2. The highest BCUT2D eigenvalue weighted by Crippen LogP contribution is 2.50. The van der Waals surface area contributed by atoms with Crippen molar-refractivity contribution in [2.75, 3.05) is 11.4 Å². The first-order valence-electron chi connectivity index (χ1n) is 12.5.